The van der Waals surface area contributed by atoms with Crippen molar-refractivity contribution in [1.82, 2.24) is 4.90 Å². The molecule has 0 aliphatic carbocycles. The van der Waals surface area contributed by atoms with Gasteiger partial charge in [-0.15, -0.1) is 0 Å². The highest BCUT2D eigenvalue weighted by Gasteiger charge is 2.21. The molecule has 2 heteroatoms. The van der Waals surface area contributed by atoms with Gasteiger partial charge in [0, 0.05) is 6.54 Å². The maximum Gasteiger partial charge on any atom is 0.0519 e. The van der Waals surface area contributed by atoms with Crippen LogP contribution in [-0.2, 0) is 4.74 Å². The molecule has 0 saturated carbocycles. The summed E-state index contributed by atoms with van der Waals surface area (Å²) in [5.74, 6) is 0.786. The van der Waals surface area contributed by atoms with E-state index in [2.05, 4.69) is 25.7 Å². The lowest BCUT2D eigenvalue weighted by molar-refractivity contribution is 0.0530. The van der Waals surface area contributed by atoms with Crippen LogP contribution in [0.5, 0.6) is 0 Å². The van der Waals surface area contributed by atoms with Crippen molar-refractivity contribution in [2.24, 2.45) is 5.92 Å². The highest BCUT2D eigenvalue weighted by Crippen LogP contribution is 2.16. The van der Waals surface area contributed by atoms with Crippen LogP contribution in [0.2, 0.25) is 0 Å². The third-order valence-corrected chi connectivity index (χ3v) is 2.58. The van der Waals surface area contributed by atoms with Crippen molar-refractivity contribution in [2.45, 2.75) is 39.7 Å². The van der Waals surface area contributed by atoms with Crippen molar-refractivity contribution in [2.75, 3.05) is 26.2 Å². The van der Waals surface area contributed by atoms with Crippen LogP contribution in [-0.4, -0.2) is 37.2 Å². The molecule has 0 aromatic heterocycles. The lowest BCUT2D eigenvalue weighted by atomic mass is 10.1. The molecule has 2 nitrogen and oxygen atoms in total. The summed E-state index contributed by atoms with van der Waals surface area (Å²) in [6.07, 6.45) is 2.99. The summed E-state index contributed by atoms with van der Waals surface area (Å²) < 4.78 is 5.63. The lowest BCUT2D eigenvalue weighted by Gasteiger charge is -2.15. The summed E-state index contributed by atoms with van der Waals surface area (Å²) in [4.78, 5) is 2.55. The fraction of sp³-hybridized carbons (Fsp3) is 1.00. The fourth-order valence-electron chi connectivity index (χ4n) is 1.90. The molecule has 1 aliphatic heterocycles. The number of rotatable bonds is 5. The highest BCUT2D eigenvalue weighted by molar-refractivity contribution is 4.74. The van der Waals surface area contributed by atoms with Gasteiger partial charge in [-0.05, 0) is 45.7 Å². The van der Waals surface area contributed by atoms with Gasteiger partial charge >= 0.3 is 0 Å². The number of nitrogens with zero attached hydrogens (tertiary/aromatic N) is 1. The number of hydrogen-bond acceptors (Lipinski definition) is 2. The summed E-state index contributed by atoms with van der Waals surface area (Å²) >= 11 is 0. The Labute approximate surface area is 82.3 Å². The second-order valence-corrected chi connectivity index (χ2v) is 4.34. The van der Waals surface area contributed by atoms with Gasteiger partial charge in [-0.25, -0.2) is 0 Å². The maximum atomic E-state index is 5.63. The van der Waals surface area contributed by atoms with Crippen LogP contribution < -0.4 is 0 Å². The van der Waals surface area contributed by atoms with Crippen LogP contribution in [0.1, 0.15) is 33.6 Å². The Morgan fingerprint density at radius 2 is 2.23 bits per heavy atom. The monoisotopic (exact) mass is 185 g/mol. The molecular formula is C11H23NO. The predicted molar refractivity (Wildman–Crippen MR) is 55.9 cm³/mol. The Balaban J connectivity index is 2.10. The second-order valence-electron chi connectivity index (χ2n) is 4.34. The maximum absolute atomic E-state index is 5.63. The minimum atomic E-state index is 0.389. The van der Waals surface area contributed by atoms with Crippen molar-refractivity contribution >= 4 is 0 Å². The first-order valence-electron chi connectivity index (χ1n) is 5.56. The van der Waals surface area contributed by atoms with E-state index >= 15 is 0 Å². The van der Waals surface area contributed by atoms with Crippen molar-refractivity contribution in [3.63, 3.8) is 0 Å². The summed E-state index contributed by atoms with van der Waals surface area (Å²) in [6, 6.07) is 0. The first-order valence-corrected chi connectivity index (χ1v) is 5.56. The SMILES string of the molecule is CCCN1CCC(COC(C)C)C1. The zero-order chi connectivity index (χ0) is 9.68. The summed E-state index contributed by atoms with van der Waals surface area (Å²) in [6.45, 7) is 11.2. The fourth-order valence-corrected chi connectivity index (χ4v) is 1.90. The first-order chi connectivity index (χ1) is 6.22. The predicted octanol–water partition coefficient (Wildman–Crippen LogP) is 2.14. The zero-order valence-electron chi connectivity index (χ0n) is 9.25. The van der Waals surface area contributed by atoms with Crippen molar-refractivity contribution in [1.29, 1.82) is 0 Å². The van der Waals surface area contributed by atoms with E-state index in [0.29, 0.717) is 6.10 Å². The molecule has 1 rings (SSSR count). The Morgan fingerprint density at radius 1 is 1.46 bits per heavy atom. The quantitative estimate of drug-likeness (QED) is 0.650. The molecule has 13 heavy (non-hydrogen) atoms. The highest BCUT2D eigenvalue weighted by atomic mass is 16.5. The molecule has 1 heterocycles. The third kappa shape index (κ3) is 4.10. The van der Waals surface area contributed by atoms with E-state index in [1.54, 1.807) is 0 Å². The van der Waals surface area contributed by atoms with E-state index < -0.39 is 0 Å². The normalized spacial score (nSPS) is 24.5. The van der Waals surface area contributed by atoms with Crippen LogP contribution in [0, 0.1) is 5.92 Å². The largest absolute Gasteiger partial charge is 0.378 e. The van der Waals surface area contributed by atoms with Gasteiger partial charge in [0.25, 0.3) is 0 Å². The van der Waals surface area contributed by atoms with Crippen LogP contribution in [0.4, 0.5) is 0 Å². The standard InChI is InChI=1S/C11H23NO/c1-4-6-12-7-5-11(8-12)9-13-10(2)3/h10-11H,4-9H2,1-3H3. The van der Waals surface area contributed by atoms with Gasteiger partial charge in [-0.1, -0.05) is 6.92 Å². The van der Waals surface area contributed by atoms with E-state index in [1.165, 1.54) is 32.5 Å². The molecule has 0 amide bonds. The molecule has 78 valence electrons. The average Bonchev–Trinajstić information content (AvgIpc) is 2.50. The summed E-state index contributed by atoms with van der Waals surface area (Å²) in [7, 11) is 0. The first kappa shape index (κ1) is 11.0. The molecule has 1 unspecified atom stereocenters. The van der Waals surface area contributed by atoms with E-state index in [9.17, 15) is 0 Å². The molecule has 1 atom stereocenters. The molecule has 0 spiro atoms. The zero-order valence-corrected chi connectivity index (χ0v) is 9.25. The smallest absolute Gasteiger partial charge is 0.0519 e. The van der Waals surface area contributed by atoms with Gasteiger partial charge in [-0.3, -0.25) is 0 Å². The summed E-state index contributed by atoms with van der Waals surface area (Å²) in [5.41, 5.74) is 0. The van der Waals surface area contributed by atoms with Gasteiger partial charge in [0.05, 0.1) is 12.7 Å². The van der Waals surface area contributed by atoms with E-state index in [1.807, 2.05) is 0 Å². The Morgan fingerprint density at radius 3 is 2.85 bits per heavy atom. The second kappa shape index (κ2) is 5.61. The Hall–Kier alpha value is -0.0800. The van der Waals surface area contributed by atoms with Gasteiger partial charge in [0.15, 0.2) is 0 Å². The average molecular weight is 185 g/mol. The van der Waals surface area contributed by atoms with Gasteiger partial charge < -0.3 is 9.64 Å². The minimum Gasteiger partial charge on any atom is -0.378 e. The lowest BCUT2D eigenvalue weighted by Crippen LogP contribution is -2.23. The number of ether oxygens (including phenoxy) is 1. The van der Waals surface area contributed by atoms with Crippen LogP contribution >= 0.6 is 0 Å². The minimum absolute atomic E-state index is 0.389. The van der Waals surface area contributed by atoms with Crippen LogP contribution in [0.3, 0.4) is 0 Å². The van der Waals surface area contributed by atoms with Crippen LogP contribution in [0.15, 0.2) is 0 Å². The molecule has 0 bridgehead atoms. The van der Waals surface area contributed by atoms with E-state index in [0.717, 1.165) is 12.5 Å². The van der Waals surface area contributed by atoms with E-state index in [4.69, 9.17) is 4.74 Å². The third-order valence-electron chi connectivity index (χ3n) is 2.58. The molecule has 1 saturated heterocycles. The molecule has 1 fully saturated rings. The van der Waals surface area contributed by atoms with Crippen molar-refractivity contribution in [3.05, 3.63) is 0 Å². The summed E-state index contributed by atoms with van der Waals surface area (Å²) in [5, 5.41) is 0. The van der Waals surface area contributed by atoms with Gasteiger partial charge in [-0.2, -0.15) is 0 Å². The molecule has 1 aliphatic rings. The molecular weight excluding hydrogens is 162 g/mol. The van der Waals surface area contributed by atoms with Gasteiger partial charge in [0.1, 0.15) is 0 Å². The molecule has 0 N–H and O–H groups in total. The van der Waals surface area contributed by atoms with E-state index in [-0.39, 0.29) is 0 Å². The molecule has 0 aromatic carbocycles. The van der Waals surface area contributed by atoms with Gasteiger partial charge in [0.2, 0.25) is 0 Å². The molecule has 0 radical (unpaired) electrons. The Kier molecular flexibility index (Phi) is 4.74. The van der Waals surface area contributed by atoms with Crippen molar-refractivity contribution < 1.29 is 4.74 Å². The molecule has 0 aromatic rings. The topological polar surface area (TPSA) is 12.5 Å². The van der Waals surface area contributed by atoms with Crippen LogP contribution in [0.25, 0.3) is 0 Å². The van der Waals surface area contributed by atoms with Crippen molar-refractivity contribution in [3.8, 4) is 0 Å². The number of likely N-dealkylation sites (tertiary alicyclic amines) is 1. The Bertz CT molecular complexity index is 136. The number of hydrogen-bond donors (Lipinski definition) is 0.